The number of carboxylic acids is 1. The first-order chi connectivity index (χ1) is 9.15. The van der Waals surface area contributed by atoms with Gasteiger partial charge in [-0.1, -0.05) is 0 Å². The largest absolute Gasteiger partial charge is 0.475 e. The van der Waals surface area contributed by atoms with Crippen LogP contribution in [0.5, 0.6) is 0 Å². The lowest BCUT2D eigenvalue weighted by atomic mass is 10.3. The van der Waals surface area contributed by atoms with Crippen molar-refractivity contribution in [2.45, 2.75) is 6.54 Å². The lowest BCUT2D eigenvalue weighted by Crippen LogP contribution is -2.45. The van der Waals surface area contributed by atoms with Crippen LogP contribution in [0, 0.1) is 0 Å². The molecule has 0 spiro atoms. The number of rotatable bonds is 6. The fraction of sp³-hybridized carbons (Fsp3) is 0.615. The molecule has 0 aliphatic carbocycles. The molecule has 2 heterocycles. The van der Waals surface area contributed by atoms with E-state index in [2.05, 4.69) is 15.1 Å². The Hall–Kier alpha value is -1.37. The minimum atomic E-state index is -1.02. The number of carboxylic acid groups (broad SMARTS) is 1. The van der Waals surface area contributed by atoms with E-state index in [0.29, 0.717) is 12.3 Å². The molecular weight excluding hydrogens is 246 g/mol. The van der Waals surface area contributed by atoms with Crippen molar-refractivity contribution < 1.29 is 14.3 Å². The summed E-state index contributed by atoms with van der Waals surface area (Å²) >= 11 is 0. The predicted octanol–water partition coefficient (Wildman–Crippen LogP) is 0.315. The van der Waals surface area contributed by atoms with Gasteiger partial charge in [0.2, 0.25) is 5.76 Å². The Kier molecular flexibility index (Phi) is 4.95. The molecule has 106 valence electrons. The molecule has 0 aromatic carbocycles. The highest BCUT2D eigenvalue weighted by molar-refractivity contribution is 5.84. The van der Waals surface area contributed by atoms with Crippen LogP contribution in [0.15, 0.2) is 16.5 Å². The first-order valence-corrected chi connectivity index (χ1v) is 6.59. The van der Waals surface area contributed by atoms with Crippen LogP contribution in [0.4, 0.5) is 0 Å². The molecule has 0 saturated carbocycles. The Morgan fingerprint density at radius 3 is 2.84 bits per heavy atom. The molecule has 19 heavy (non-hydrogen) atoms. The molecule has 6 nitrogen and oxygen atoms in total. The predicted molar refractivity (Wildman–Crippen MR) is 71.3 cm³/mol. The van der Waals surface area contributed by atoms with Crippen LogP contribution in [-0.2, 0) is 6.54 Å². The smallest absolute Gasteiger partial charge is 0.371 e. The van der Waals surface area contributed by atoms with E-state index in [1.165, 1.54) is 6.07 Å². The molecule has 1 saturated heterocycles. The van der Waals surface area contributed by atoms with Gasteiger partial charge in [0.05, 0.1) is 6.54 Å². The Morgan fingerprint density at radius 2 is 2.21 bits per heavy atom. The van der Waals surface area contributed by atoms with Crippen molar-refractivity contribution in [3.8, 4) is 0 Å². The van der Waals surface area contributed by atoms with Gasteiger partial charge < -0.3 is 14.8 Å². The number of furan rings is 1. The molecule has 1 aromatic rings. The topological polar surface area (TPSA) is 69.0 Å². The van der Waals surface area contributed by atoms with Crippen molar-refractivity contribution >= 4 is 5.97 Å². The van der Waals surface area contributed by atoms with Crippen molar-refractivity contribution in [2.75, 3.05) is 46.3 Å². The summed E-state index contributed by atoms with van der Waals surface area (Å²) in [4.78, 5) is 15.3. The van der Waals surface area contributed by atoms with Gasteiger partial charge in [-0.05, 0) is 19.2 Å². The highest BCUT2D eigenvalue weighted by Crippen LogP contribution is 2.09. The Labute approximate surface area is 113 Å². The minimum absolute atomic E-state index is 0.00510. The number of aromatic carboxylic acids is 1. The third kappa shape index (κ3) is 4.34. The van der Waals surface area contributed by atoms with E-state index in [-0.39, 0.29) is 5.76 Å². The average molecular weight is 267 g/mol. The lowest BCUT2D eigenvalue weighted by Gasteiger charge is -2.28. The number of carbonyl (C=O) groups is 1. The number of likely N-dealkylation sites (N-methyl/N-ethyl adjacent to an activating group) is 1. The van der Waals surface area contributed by atoms with Crippen molar-refractivity contribution in [1.82, 2.24) is 15.1 Å². The number of hydrogen-bond acceptors (Lipinski definition) is 5. The van der Waals surface area contributed by atoms with Crippen molar-refractivity contribution in [1.29, 1.82) is 0 Å². The van der Waals surface area contributed by atoms with Crippen molar-refractivity contribution in [3.05, 3.63) is 23.7 Å². The van der Waals surface area contributed by atoms with E-state index in [1.54, 1.807) is 6.07 Å². The molecule has 1 aromatic heterocycles. The van der Waals surface area contributed by atoms with Crippen LogP contribution >= 0.6 is 0 Å². The second kappa shape index (κ2) is 6.70. The fourth-order valence-electron chi connectivity index (χ4n) is 2.17. The number of nitrogens with zero attached hydrogens (tertiary/aromatic N) is 2. The maximum atomic E-state index is 10.7. The van der Waals surface area contributed by atoms with E-state index in [9.17, 15) is 4.79 Å². The summed E-state index contributed by atoms with van der Waals surface area (Å²) in [6.45, 7) is 6.93. The van der Waals surface area contributed by atoms with Gasteiger partial charge in [0, 0.05) is 39.3 Å². The lowest BCUT2D eigenvalue weighted by molar-refractivity contribution is 0.0658. The third-order valence-corrected chi connectivity index (χ3v) is 3.31. The first-order valence-electron chi connectivity index (χ1n) is 6.59. The molecule has 0 unspecified atom stereocenters. The Morgan fingerprint density at radius 1 is 1.47 bits per heavy atom. The van der Waals surface area contributed by atoms with Crippen LogP contribution in [0.1, 0.15) is 16.3 Å². The van der Waals surface area contributed by atoms with Crippen LogP contribution in [0.3, 0.4) is 0 Å². The number of nitrogens with one attached hydrogen (secondary N) is 1. The summed E-state index contributed by atoms with van der Waals surface area (Å²) < 4.78 is 5.24. The molecule has 2 N–H and O–H groups in total. The van der Waals surface area contributed by atoms with Crippen molar-refractivity contribution in [3.63, 3.8) is 0 Å². The van der Waals surface area contributed by atoms with Gasteiger partial charge >= 0.3 is 5.97 Å². The molecule has 1 aliphatic rings. The van der Waals surface area contributed by atoms with Crippen LogP contribution in [-0.4, -0.2) is 67.2 Å². The SMILES string of the molecule is CN(CCN1CCNCC1)Cc1ccc(C(=O)O)o1. The standard InChI is InChI=1S/C13H21N3O3/c1-15(8-9-16-6-4-14-5-7-16)10-11-2-3-12(19-11)13(17)18/h2-3,14H,4-10H2,1H3,(H,17,18). The van der Waals surface area contributed by atoms with E-state index in [0.717, 1.165) is 39.3 Å². The molecule has 0 radical (unpaired) electrons. The number of hydrogen-bond donors (Lipinski definition) is 2. The van der Waals surface area contributed by atoms with Gasteiger partial charge in [0.25, 0.3) is 0 Å². The first kappa shape index (κ1) is 14.0. The molecule has 6 heteroatoms. The van der Waals surface area contributed by atoms with Crippen molar-refractivity contribution in [2.24, 2.45) is 0 Å². The van der Waals surface area contributed by atoms with Gasteiger partial charge in [-0.3, -0.25) is 9.80 Å². The summed E-state index contributed by atoms with van der Waals surface area (Å²) in [5.74, 6) is -0.319. The molecule has 0 amide bonds. The van der Waals surface area contributed by atoms with Gasteiger partial charge in [0.15, 0.2) is 0 Å². The molecule has 0 bridgehead atoms. The number of piperazine rings is 1. The fourth-order valence-corrected chi connectivity index (χ4v) is 2.17. The Balaban J connectivity index is 1.73. The second-order valence-corrected chi connectivity index (χ2v) is 4.90. The summed E-state index contributed by atoms with van der Waals surface area (Å²) in [7, 11) is 2.02. The molecule has 2 rings (SSSR count). The summed E-state index contributed by atoms with van der Waals surface area (Å²) in [5.41, 5.74) is 0. The van der Waals surface area contributed by atoms with Crippen LogP contribution in [0.25, 0.3) is 0 Å². The van der Waals surface area contributed by atoms with E-state index in [1.807, 2.05) is 7.05 Å². The second-order valence-electron chi connectivity index (χ2n) is 4.90. The summed E-state index contributed by atoms with van der Waals surface area (Å²) in [6.07, 6.45) is 0. The monoisotopic (exact) mass is 267 g/mol. The quantitative estimate of drug-likeness (QED) is 0.773. The molecule has 1 fully saturated rings. The van der Waals surface area contributed by atoms with Gasteiger partial charge in [-0.25, -0.2) is 4.79 Å². The molecule has 1 aliphatic heterocycles. The summed E-state index contributed by atoms with van der Waals surface area (Å²) in [5, 5.41) is 12.1. The van der Waals surface area contributed by atoms with Crippen LogP contribution < -0.4 is 5.32 Å². The van der Waals surface area contributed by atoms with Gasteiger partial charge in [-0.15, -0.1) is 0 Å². The third-order valence-electron chi connectivity index (χ3n) is 3.31. The highest BCUT2D eigenvalue weighted by atomic mass is 16.4. The zero-order chi connectivity index (χ0) is 13.7. The zero-order valence-electron chi connectivity index (χ0n) is 11.3. The van der Waals surface area contributed by atoms with Gasteiger partial charge in [-0.2, -0.15) is 0 Å². The van der Waals surface area contributed by atoms with E-state index in [4.69, 9.17) is 9.52 Å². The van der Waals surface area contributed by atoms with E-state index >= 15 is 0 Å². The van der Waals surface area contributed by atoms with E-state index < -0.39 is 5.97 Å². The minimum Gasteiger partial charge on any atom is -0.475 e. The van der Waals surface area contributed by atoms with Crippen LogP contribution in [0.2, 0.25) is 0 Å². The normalized spacial score (nSPS) is 16.9. The Bertz CT molecular complexity index is 413. The average Bonchev–Trinajstić information content (AvgIpc) is 2.86. The maximum Gasteiger partial charge on any atom is 0.371 e. The highest BCUT2D eigenvalue weighted by Gasteiger charge is 2.12. The molecule has 0 atom stereocenters. The maximum absolute atomic E-state index is 10.7. The summed E-state index contributed by atoms with van der Waals surface area (Å²) in [6, 6.07) is 3.23. The van der Waals surface area contributed by atoms with Gasteiger partial charge in [0.1, 0.15) is 5.76 Å². The molecular formula is C13H21N3O3. The zero-order valence-corrected chi connectivity index (χ0v) is 11.3.